The predicted octanol–water partition coefficient (Wildman–Crippen LogP) is 3.33. The van der Waals surface area contributed by atoms with Gasteiger partial charge in [-0.3, -0.25) is 9.59 Å². The lowest BCUT2D eigenvalue weighted by Crippen LogP contribution is -2.09. The highest BCUT2D eigenvalue weighted by Crippen LogP contribution is 2.37. The molecule has 8 nitrogen and oxygen atoms in total. The smallest absolute Gasteiger partial charge is 0.344 e. The summed E-state index contributed by atoms with van der Waals surface area (Å²) in [5.74, 6) is -0.430. The van der Waals surface area contributed by atoms with Crippen LogP contribution >= 0.6 is 0 Å². The molecule has 2 aromatic carbocycles. The van der Waals surface area contributed by atoms with Crippen LogP contribution in [0.25, 0.3) is 22.1 Å². The molecule has 0 aliphatic rings. The summed E-state index contributed by atoms with van der Waals surface area (Å²) >= 11 is 0. The van der Waals surface area contributed by atoms with Crippen LogP contribution in [0.1, 0.15) is 13.8 Å². The van der Waals surface area contributed by atoms with E-state index in [-0.39, 0.29) is 22.6 Å². The summed E-state index contributed by atoms with van der Waals surface area (Å²) in [4.78, 5) is 35.5. The highest BCUT2D eigenvalue weighted by molar-refractivity contribution is 5.91. The van der Waals surface area contributed by atoms with E-state index in [0.29, 0.717) is 22.4 Å². The van der Waals surface area contributed by atoms with Gasteiger partial charge in [-0.2, -0.15) is 0 Å². The van der Waals surface area contributed by atoms with Crippen LogP contribution in [0, 0.1) is 0 Å². The second-order valence-corrected chi connectivity index (χ2v) is 6.05. The molecule has 0 spiro atoms. The number of carbonyl (C=O) groups is 2. The zero-order valence-electron chi connectivity index (χ0n) is 16.2. The molecule has 0 N–H and O–H groups in total. The monoisotopic (exact) mass is 398 g/mol. The van der Waals surface area contributed by atoms with E-state index in [2.05, 4.69) is 0 Å². The van der Waals surface area contributed by atoms with E-state index >= 15 is 0 Å². The predicted molar refractivity (Wildman–Crippen MR) is 104 cm³/mol. The molecule has 0 atom stereocenters. The number of fused-ring (bicyclic) bond motifs is 1. The van der Waals surface area contributed by atoms with Gasteiger partial charge in [0, 0.05) is 25.3 Å². The first-order chi connectivity index (χ1) is 13.8. The van der Waals surface area contributed by atoms with Crippen molar-refractivity contribution in [1.82, 2.24) is 0 Å². The lowest BCUT2D eigenvalue weighted by atomic mass is 10.0. The fourth-order valence-corrected chi connectivity index (χ4v) is 2.78. The van der Waals surface area contributed by atoms with Gasteiger partial charge in [-0.25, -0.2) is 4.79 Å². The van der Waals surface area contributed by atoms with Gasteiger partial charge in [-0.1, -0.05) is 0 Å². The molecule has 0 radical (unpaired) electrons. The van der Waals surface area contributed by atoms with Gasteiger partial charge in [0.1, 0.15) is 11.5 Å². The molecule has 0 bridgehead atoms. The molecule has 0 unspecified atom stereocenters. The number of hydrogen-bond acceptors (Lipinski definition) is 8. The SMILES string of the molecule is COc1cc(OC)cc(-c2cc3ccc(OC(C)=O)c(OC(C)=O)c3oc2=O)c1. The third-order valence-corrected chi connectivity index (χ3v) is 3.98. The fourth-order valence-electron chi connectivity index (χ4n) is 2.78. The molecule has 8 heteroatoms. The van der Waals surface area contributed by atoms with Crippen molar-refractivity contribution in [3.05, 3.63) is 46.8 Å². The second-order valence-electron chi connectivity index (χ2n) is 6.05. The molecule has 1 heterocycles. The first kappa shape index (κ1) is 19.9. The normalized spacial score (nSPS) is 10.5. The second kappa shape index (κ2) is 8.05. The van der Waals surface area contributed by atoms with Crippen molar-refractivity contribution in [2.24, 2.45) is 0 Å². The Labute approximate surface area is 165 Å². The number of methoxy groups -OCH3 is 2. The van der Waals surface area contributed by atoms with E-state index in [4.69, 9.17) is 23.4 Å². The van der Waals surface area contributed by atoms with Gasteiger partial charge in [0.15, 0.2) is 11.3 Å². The Morgan fingerprint density at radius 2 is 1.48 bits per heavy atom. The van der Waals surface area contributed by atoms with Crippen molar-refractivity contribution >= 4 is 22.9 Å². The van der Waals surface area contributed by atoms with Crippen LogP contribution in [-0.4, -0.2) is 26.2 Å². The van der Waals surface area contributed by atoms with Crippen molar-refractivity contribution in [1.29, 1.82) is 0 Å². The molecular formula is C21H18O8. The van der Waals surface area contributed by atoms with Crippen molar-refractivity contribution < 1.29 is 33.0 Å². The molecular weight excluding hydrogens is 380 g/mol. The van der Waals surface area contributed by atoms with Crippen LogP contribution in [0.3, 0.4) is 0 Å². The summed E-state index contributed by atoms with van der Waals surface area (Å²) < 4.78 is 26.1. The number of benzene rings is 2. The number of esters is 2. The van der Waals surface area contributed by atoms with Crippen LogP contribution in [0.2, 0.25) is 0 Å². The van der Waals surface area contributed by atoms with Crippen molar-refractivity contribution in [3.8, 4) is 34.1 Å². The van der Waals surface area contributed by atoms with E-state index < -0.39 is 17.6 Å². The molecule has 1 aromatic heterocycles. The molecule has 3 aromatic rings. The molecule has 29 heavy (non-hydrogen) atoms. The summed E-state index contributed by atoms with van der Waals surface area (Å²) in [6.07, 6.45) is 0. The van der Waals surface area contributed by atoms with Crippen LogP contribution in [-0.2, 0) is 9.59 Å². The zero-order valence-corrected chi connectivity index (χ0v) is 16.2. The van der Waals surface area contributed by atoms with E-state index in [1.807, 2.05) is 0 Å². The summed E-state index contributed by atoms with van der Waals surface area (Å²) in [5, 5.41) is 0.466. The Balaban J connectivity index is 2.24. The van der Waals surface area contributed by atoms with Gasteiger partial charge in [-0.05, 0) is 35.9 Å². The first-order valence-electron chi connectivity index (χ1n) is 8.53. The standard InChI is InChI=1S/C21H18O8/c1-11(22)27-18-6-5-13-9-17(14-7-15(25-3)10-16(8-14)26-4)21(24)29-19(13)20(18)28-12(2)23/h5-10H,1-4H3. The van der Waals surface area contributed by atoms with Gasteiger partial charge in [-0.15, -0.1) is 0 Å². The minimum atomic E-state index is -0.679. The molecule has 0 fully saturated rings. The summed E-state index contributed by atoms with van der Waals surface area (Å²) in [5.41, 5.74) is 0.0856. The van der Waals surface area contributed by atoms with Crippen molar-refractivity contribution in [2.75, 3.05) is 14.2 Å². The molecule has 0 aliphatic heterocycles. The van der Waals surface area contributed by atoms with Crippen molar-refractivity contribution in [3.63, 3.8) is 0 Å². The highest BCUT2D eigenvalue weighted by Gasteiger charge is 2.19. The van der Waals surface area contributed by atoms with Gasteiger partial charge in [0.05, 0.1) is 19.8 Å². The average Bonchev–Trinajstić information content (AvgIpc) is 2.68. The molecule has 0 saturated heterocycles. The molecule has 0 aliphatic carbocycles. The molecule has 0 saturated carbocycles. The Morgan fingerprint density at radius 3 is 2.03 bits per heavy atom. The zero-order chi connectivity index (χ0) is 21.1. The maximum atomic E-state index is 12.7. The van der Waals surface area contributed by atoms with Crippen LogP contribution in [0.15, 0.2) is 45.6 Å². The molecule has 150 valence electrons. The first-order valence-corrected chi connectivity index (χ1v) is 8.53. The Morgan fingerprint density at radius 1 is 0.862 bits per heavy atom. The summed E-state index contributed by atoms with van der Waals surface area (Å²) in [6, 6.07) is 9.64. The molecule has 3 rings (SSSR count). The Bertz CT molecular complexity index is 1140. The van der Waals surface area contributed by atoms with E-state index in [1.54, 1.807) is 30.3 Å². The highest BCUT2D eigenvalue weighted by atomic mass is 16.6. The Kier molecular flexibility index (Phi) is 5.54. The minimum absolute atomic E-state index is 0.0115. The minimum Gasteiger partial charge on any atom is -0.497 e. The van der Waals surface area contributed by atoms with Crippen molar-refractivity contribution in [2.45, 2.75) is 13.8 Å². The number of ether oxygens (including phenoxy) is 4. The topological polar surface area (TPSA) is 101 Å². The lowest BCUT2D eigenvalue weighted by molar-refractivity contribution is -0.134. The van der Waals surface area contributed by atoms with Gasteiger partial charge >= 0.3 is 17.6 Å². The number of hydrogen-bond donors (Lipinski definition) is 0. The summed E-state index contributed by atoms with van der Waals surface area (Å²) in [6.45, 7) is 2.39. The van der Waals surface area contributed by atoms with E-state index in [0.717, 1.165) is 0 Å². The largest absolute Gasteiger partial charge is 0.497 e. The molecule has 0 amide bonds. The van der Waals surface area contributed by atoms with Gasteiger partial charge in [0.25, 0.3) is 0 Å². The Hall–Kier alpha value is -3.81. The summed E-state index contributed by atoms with van der Waals surface area (Å²) in [7, 11) is 3.01. The quantitative estimate of drug-likeness (QED) is 0.366. The fraction of sp³-hybridized carbons (Fsp3) is 0.190. The maximum Gasteiger partial charge on any atom is 0.344 e. The van der Waals surface area contributed by atoms with E-state index in [1.165, 1.54) is 34.1 Å². The van der Waals surface area contributed by atoms with E-state index in [9.17, 15) is 14.4 Å². The number of rotatable bonds is 5. The maximum absolute atomic E-state index is 12.7. The van der Waals surface area contributed by atoms with Crippen LogP contribution < -0.4 is 24.6 Å². The third kappa shape index (κ3) is 4.21. The average molecular weight is 398 g/mol. The number of carbonyl (C=O) groups excluding carboxylic acids is 2. The van der Waals surface area contributed by atoms with Gasteiger partial charge in [0.2, 0.25) is 5.75 Å². The third-order valence-electron chi connectivity index (χ3n) is 3.98. The van der Waals surface area contributed by atoms with Crippen LogP contribution in [0.4, 0.5) is 0 Å². The lowest BCUT2D eigenvalue weighted by Gasteiger charge is -2.12. The van der Waals surface area contributed by atoms with Crippen LogP contribution in [0.5, 0.6) is 23.0 Å². The van der Waals surface area contributed by atoms with Gasteiger partial charge < -0.3 is 23.4 Å².